The third-order valence-electron chi connectivity index (χ3n) is 2.87. The largest absolute Gasteiger partial charge is 0.396 e. The Balaban J connectivity index is 2.63. The van der Waals surface area contributed by atoms with Crippen LogP contribution in [0.1, 0.15) is 32.6 Å². The van der Waals surface area contributed by atoms with Gasteiger partial charge >= 0.3 is 0 Å². The Morgan fingerprint density at radius 1 is 1.10 bits per heavy atom. The molecule has 0 saturated heterocycles. The molecule has 1 aromatic carbocycles. The van der Waals surface area contributed by atoms with E-state index >= 15 is 0 Å². The summed E-state index contributed by atoms with van der Waals surface area (Å²) in [7, 11) is 0. The monoisotopic (exact) mass is 281 g/mol. The number of anilines is 2. The Kier molecular flexibility index (Phi) is 7.42. The first-order valence-corrected chi connectivity index (χ1v) is 7.05. The van der Waals surface area contributed by atoms with Crippen LogP contribution in [0, 0.1) is 10.1 Å². The fourth-order valence-electron chi connectivity index (χ4n) is 1.84. The summed E-state index contributed by atoms with van der Waals surface area (Å²) in [4.78, 5) is 10.5. The lowest BCUT2D eigenvalue weighted by Crippen LogP contribution is -2.05. The fraction of sp³-hybridized carbons (Fsp3) is 0.571. The van der Waals surface area contributed by atoms with Gasteiger partial charge < -0.3 is 15.7 Å². The van der Waals surface area contributed by atoms with Crippen molar-refractivity contribution < 1.29 is 10.0 Å². The summed E-state index contributed by atoms with van der Waals surface area (Å²) in [5.41, 5.74) is 1.60. The van der Waals surface area contributed by atoms with Gasteiger partial charge in [-0.3, -0.25) is 10.1 Å². The van der Waals surface area contributed by atoms with Crippen molar-refractivity contribution in [3.63, 3.8) is 0 Å². The highest BCUT2D eigenvalue weighted by Crippen LogP contribution is 2.24. The van der Waals surface area contributed by atoms with E-state index in [1.165, 1.54) is 0 Å². The van der Waals surface area contributed by atoms with Gasteiger partial charge in [-0.2, -0.15) is 0 Å². The maximum absolute atomic E-state index is 10.9. The molecule has 20 heavy (non-hydrogen) atoms. The smallest absolute Gasteiger partial charge is 0.273 e. The van der Waals surface area contributed by atoms with Gasteiger partial charge in [-0.05, 0) is 31.7 Å². The van der Waals surface area contributed by atoms with Gasteiger partial charge in [0.2, 0.25) is 0 Å². The van der Waals surface area contributed by atoms with Crippen molar-refractivity contribution in [2.45, 2.75) is 32.6 Å². The number of nitro benzene ring substituents is 1. The van der Waals surface area contributed by atoms with Crippen LogP contribution in [0.2, 0.25) is 0 Å². The van der Waals surface area contributed by atoms with E-state index in [9.17, 15) is 10.1 Å². The number of hydrogen-bond donors (Lipinski definition) is 3. The lowest BCUT2D eigenvalue weighted by molar-refractivity contribution is -0.384. The first kappa shape index (κ1) is 16.2. The van der Waals surface area contributed by atoms with E-state index in [1.807, 2.05) is 13.0 Å². The highest BCUT2D eigenvalue weighted by Gasteiger charge is 2.09. The zero-order valence-corrected chi connectivity index (χ0v) is 11.9. The minimum atomic E-state index is -0.381. The second kappa shape index (κ2) is 9.14. The average molecular weight is 281 g/mol. The van der Waals surface area contributed by atoms with Crippen LogP contribution in [-0.2, 0) is 0 Å². The molecule has 0 saturated carbocycles. The van der Waals surface area contributed by atoms with Crippen LogP contribution in [0.15, 0.2) is 18.2 Å². The molecule has 0 aliphatic carbocycles. The summed E-state index contributed by atoms with van der Waals surface area (Å²) < 4.78 is 0. The van der Waals surface area contributed by atoms with Crippen molar-refractivity contribution in [3.05, 3.63) is 28.3 Å². The zero-order chi connectivity index (χ0) is 14.8. The Hall–Kier alpha value is -1.82. The van der Waals surface area contributed by atoms with Gasteiger partial charge in [0, 0.05) is 43.2 Å². The van der Waals surface area contributed by atoms with Crippen molar-refractivity contribution in [1.29, 1.82) is 0 Å². The van der Waals surface area contributed by atoms with Crippen LogP contribution in [0.5, 0.6) is 0 Å². The quantitative estimate of drug-likeness (QED) is 0.348. The topological polar surface area (TPSA) is 87.4 Å². The predicted octanol–water partition coefficient (Wildman–Crippen LogP) is 2.99. The third-order valence-corrected chi connectivity index (χ3v) is 2.87. The number of nitrogens with zero attached hydrogens (tertiary/aromatic N) is 1. The molecular weight excluding hydrogens is 258 g/mol. The summed E-state index contributed by atoms with van der Waals surface area (Å²) in [6, 6.07) is 4.98. The number of rotatable bonds is 10. The van der Waals surface area contributed by atoms with E-state index in [0.29, 0.717) is 0 Å². The zero-order valence-electron chi connectivity index (χ0n) is 11.9. The van der Waals surface area contributed by atoms with Gasteiger partial charge in [-0.1, -0.05) is 6.92 Å². The number of benzene rings is 1. The van der Waals surface area contributed by atoms with E-state index in [-0.39, 0.29) is 17.2 Å². The molecule has 0 amide bonds. The van der Waals surface area contributed by atoms with Gasteiger partial charge in [0.15, 0.2) is 0 Å². The van der Waals surface area contributed by atoms with Crippen molar-refractivity contribution in [1.82, 2.24) is 0 Å². The van der Waals surface area contributed by atoms with Crippen molar-refractivity contribution in [2.24, 2.45) is 0 Å². The van der Waals surface area contributed by atoms with E-state index in [0.717, 1.165) is 50.1 Å². The summed E-state index contributed by atoms with van der Waals surface area (Å²) in [6.07, 6.45) is 3.63. The standard InChI is InChI=1S/C14H23N3O3/c1-2-6-15-12-9-13(11-14(10-12)17(19)20)16-7-4-3-5-8-18/h9-11,15-16,18H,2-8H2,1H3. The molecule has 0 heterocycles. The van der Waals surface area contributed by atoms with Crippen molar-refractivity contribution in [3.8, 4) is 0 Å². The van der Waals surface area contributed by atoms with Crippen LogP contribution in [0.3, 0.4) is 0 Å². The molecule has 0 aliphatic rings. The van der Waals surface area contributed by atoms with E-state index in [1.54, 1.807) is 12.1 Å². The van der Waals surface area contributed by atoms with E-state index in [4.69, 9.17) is 5.11 Å². The number of aliphatic hydroxyl groups excluding tert-OH is 1. The molecule has 3 N–H and O–H groups in total. The SMILES string of the molecule is CCCNc1cc(NCCCCCO)cc([N+](=O)[O-])c1. The molecule has 1 aromatic rings. The molecular formula is C14H23N3O3. The number of nitrogens with one attached hydrogen (secondary N) is 2. The maximum Gasteiger partial charge on any atom is 0.273 e. The van der Waals surface area contributed by atoms with E-state index < -0.39 is 0 Å². The van der Waals surface area contributed by atoms with Crippen molar-refractivity contribution >= 4 is 17.1 Å². The molecule has 0 aromatic heterocycles. The van der Waals surface area contributed by atoms with Crippen LogP contribution in [0.25, 0.3) is 0 Å². The van der Waals surface area contributed by atoms with Gasteiger partial charge in [0.1, 0.15) is 0 Å². The lowest BCUT2D eigenvalue weighted by atomic mass is 10.2. The molecule has 0 spiro atoms. The Labute approximate surface area is 119 Å². The van der Waals surface area contributed by atoms with Gasteiger partial charge in [-0.25, -0.2) is 0 Å². The Bertz CT molecular complexity index is 424. The first-order chi connectivity index (χ1) is 9.67. The molecule has 0 aliphatic heterocycles. The molecule has 6 nitrogen and oxygen atoms in total. The molecule has 0 unspecified atom stereocenters. The number of non-ortho nitro benzene ring substituents is 1. The number of unbranched alkanes of at least 4 members (excludes halogenated alkanes) is 2. The maximum atomic E-state index is 10.9. The van der Waals surface area contributed by atoms with E-state index in [2.05, 4.69) is 10.6 Å². The van der Waals surface area contributed by atoms with Gasteiger partial charge in [0.05, 0.1) is 4.92 Å². The molecule has 1 rings (SSSR count). The Morgan fingerprint density at radius 2 is 1.75 bits per heavy atom. The normalized spacial score (nSPS) is 10.3. The Morgan fingerprint density at radius 3 is 2.30 bits per heavy atom. The molecule has 6 heteroatoms. The summed E-state index contributed by atoms with van der Waals surface area (Å²) in [6.45, 7) is 3.79. The van der Waals surface area contributed by atoms with Crippen LogP contribution < -0.4 is 10.6 Å². The predicted molar refractivity (Wildman–Crippen MR) is 81.3 cm³/mol. The minimum absolute atomic E-state index is 0.0870. The first-order valence-electron chi connectivity index (χ1n) is 7.05. The summed E-state index contributed by atoms with van der Waals surface area (Å²) >= 11 is 0. The number of aliphatic hydroxyl groups is 1. The number of hydrogen-bond acceptors (Lipinski definition) is 5. The van der Waals surface area contributed by atoms with Crippen LogP contribution >= 0.6 is 0 Å². The minimum Gasteiger partial charge on any atom is -0.396 e. The molecule has 0 bridgehead atoms. The highest BCUT2D eigenvalue weighted by molar-refractivity contribution is 5.63. The molecule has 112 valence electrons. The third kappa shape index (κ3) is 5.88. The lowest BCUT2D eigenvalue weighted by Gasteiger charge is -2.10. The molecule has 0 radical (unpaired) electrons. The average Bonchev–Trinajstić information content (AvgIpc) is 2.44. The van der Waals surface area contributed by atoms with Crippen LogP contribution in [0.4, 0.5) is 17.1 Å². The van der Waals surface area contributed by atoms with Gasteiger partial charge in [0.25, 0.3) is 5.69 Å². The van der Waals surface area contributed by atoms with Gasteiger partial charge in [-0.15, -0.1) is 0 Å². The second-order valence-electron chi connectivity index (χ2n) is 4.66. The summed E-state index contributed by atoms with van der Waals surface area (Å²) in [5, 5.41) is 26.0. The second-order valence-corrected chi connectivity index (χ2v) is 4.66. The fourth-order valence-corrected chi connectivity index (χ4v) is 1.84. The number of nitro groups is 1. The van der Waals surface area contributed by atoms with Crippen molar-refractivity contribution in [2.75, 3.05) is 30.3 Å². The highest BCUT2D eigenvalue weighted by atomic mass is 16.6. The molecule has 0 fully saturated rings. The molecule has 0 atom stereocenters. The summed E-state index contributed by atoms with van der Waals surface area (Å²) in [5.74, 6) is 0. The van der Waals surface area contributed by atoms with Crippen LogP contribution in [-0.4, -0.2) is 29.7 Å².